The standard InChI is InChI=1S/C23H20N2O3/c24-22(26)20-15-25(18-13-7-8-14-19(18)28-20)23(27)21(16-9-3-1-4-10-16)17-11-5-2-6-12-17/h1-14,20-21H,15H2,(H2,24,26)/t20-/m0/s1. The van der Waals surface area contributed by atoms with Crippen LogP contribution in [0.1, 0.15) is 17.0 Å². The van der Waals surface area contributed by atoms with Crippen molar-refractivity contribution in [2.45, 2.75) is 12.0 Å². The second kappa shape index (κ2) is 7.56. The number of rotatable bonds is 4. The van der Waals surface area contributed by atoms with Crippen LogP contribution in [0.25, 0.3) is 0 Å². The van der Waals surface area contributed by atoms with Crippen molar-refractivity contribution in [1.29, 1.82) is 0 Å². The second-order valence-corrected chi connectivity index (χ2v) is 6.68. The highest BCUT2D eigenvalue weighted by Crippen LogP contribution is 2.36. The van der Waals surface area contributed by atoms with Crippen molar-refractivity contribution in [2.75, 3.05) is 11.4 Å². The molecule has 3 aromatic carbocycles. The SMILES string of the molecule is NC(=O)[C@@H]1CN(C(=O)C(c2ccccc2)c2ccccc2)c2ccccc2O1. The molecule has 28 heavy (non-hydrogen) atoms. The number of benzene rings is 3. The van der Waals surface area contributed by atoms with Gasteiger partial charge in [0.05, 0.1) is 18.2 Å². The minimum Gasteiger partial charge on any atom is -0.477 e. The van der Waals surface area contributed by atoms with Gasteiger partial charge in [-0.1, -0.05) is 72.8 Å². The summed E-state index contributed by atoms with van der Waals surface area (Å²) >= 11 is 0. The second-order valence-electron chi connectivity index (χ2n) is 6.68. The van der Waals surface area contributed by atoms with Crippen LogP contribution in [0.3, 0.4) is 0 Å². The maximum absolute atomic E-state index is 13.7. The lowest BCUT2D eigenvalue weighted by molar-refractivity contribution is -0.125. The van der Waals surface area contributed by atoms with Gasteiger partial charge in [-0.15, -0.1) is 0 Å². The van der Waals surface area contributed by atoms with Gasteiger partial charge in [0, 0.05) is 0 Å². The summed E-state index contributed by atoms with van der Waals surface area (Å²) in [5.41, 5.74) is 7.90. The van der Waals surface area contributed by atoms with Crippen LogP contribution in [0.2, 0.25) is 0 Å². The molecule has 140 valence electrons. The van der Waals surface area contributed by atoms with Crippen LogP contribution in [0.5, 0.6) is 5.75 Å². The number of hydrogen-bond donors (Lipinski definition) is 1. The Balaban J connectivity index is 1.79. The lowest BCUT2D eigenvalue weighted by Crippen LogP contribution is -2.50. The predicted molar refractivity (Wildman–Crippen MR) is 107 cm³/mol. The molecule has 4 rings (SSSR count). The third-order valence-corrected chi connectivity index (χ3v) is 4.87. The number of amides is 2. The molecule has 2 amide bonds. The number of hydrogen-bond acceptors (Lipinski definition) is 3. The van der Waals surface area contributed by atoms with Crippen molar-refractivity contribution < 1.29 is 14.3 Å². The predicted octanol–water partition coefficient (Wildman–Crippen LogP) is 3.10. The number of ether oxygens (including phenoxy) is 1. The number of fused-ring (bicyclic) bond motifs is 1. The summed E-state index contributed by atoms with van der Waals surface area (Å²) in [6, 6.07) is 26.5. The Labute approximate surface area is 163 Å². The van der Waals surface area contributed by atoms with E-state index in [4.69, 9.17) is 10.5 Å². The van der Waals surface area contributed by atoms with Gasteiger partial charge in [0.2, 0.25) is 5.91 Å². The molecular weight excluding hydrogens is 352 g/mol. The lowest BCUT2D eigenvalue weighted by Gasteiger charge is -2.35. The summed E-state index contributed by atoms with van der Waals surface area (Å²) in [4.78, 5) is 27.2. The maximum atomic E-state index is 13.7. The van der Waals surface area contributed by atoms with Gasteiger partial charge in [0.15, 0.2) is 6.10 Å². The molecule has 1 heterocycles. The Morgan fingerprint density at radius 3 is 1.96 bits per heavy atom. The highest BCUT2D eigenvalue weighted by atomic mass is 16.5. The van der Waals surface area contributed by atoms with Gasteiger partial charge in [-0.05, 0) is 23.3 Å². The lowest BCUT2D eigenvalue weighted by atomic mass is 9.89. The Morgan fingerprint density at radius 2 is 1.39 bits per heavy atom. The smallest absolute Gasteiger partial charge is 0.260 e. The van der Waals surface area contributed by atoms with Crippen molar-refractivity contribution in [3.63, 3.8) is 0 Å². The minimum atomic E-state index is -0.883. The van der Waals surface area contributed by atoms with Gasteiger partial charge in [-0.3, -0.25) is 9.59 Å². The number of carbonyl (C=O) groups is 2. The molecule has 1 atom stereocenters. The number of primary amides is 1. The zero-order chi connectivity index (χ0) is 19.5. The van der Waals surface area contributed by atoms with E-state index >= 15 is 0 Å². The van der Waals surface area contributed by atoms with Gasteiger partial charge in [0.1, 0.15) is 5.75 Å². The zero-order valence-electron chi connectivity index (χ0n) is 15.2. The molecule has 0 fully saturated rings. The van der Waals surface area contributed by atoms with Crippen molar-refractivity contribution in [2.24, 2.45) is 5.73 Å². The Kier molecular flexibility index (Phi) is 4.81. The summed E-state index contributed by atoms with van der Waals surface area (Å²) in [5.74, 6) is -0.740. The van der Waals surface area contributed by atoms with Gasteiger partial charge in [-0.25, -0.2) is 0 Å². The molecule has 0 saturated carbocycles. The highest BCUT2D eigenvalue weighted by molar-refractivity contribution is 6.02. The van der Waals surface area contributed by atoms with E-state index in [2.05, 4.69) is 0 Å². The molecule has 1 aliphatic heterocycles. The molecule has 0 spiro atoms. The molecule has 0 aromatic heterocycles. The molecule has 0 bridgehead atoms. The van der Waals surface area contributed by atoms with Crippen LogP contribution in [0.4, 0.5) is 5.69 Å². The molecule has 2 N–H and O–H groups in total. The first-order valence-electron chi connectivity index (χ1n) is 9.11. The van der Waals surface area contributed by atoms with E-state index in [-0.39, 0.29) is 12.5 Å². The van der Waals surface area contributed by atoms with Crippen molar-refractivity contribution in [1.82, 2.24) is 0 Å². The van der Waals surface area contributed by atoms with Crippen LogP contribution in [0, 0.1) is 0 Å². The average molecular weight is 372 g/mol. The molecule has 0 saturated heterocycles. The van der Waals surface area contributed by atoms with Gasteiger partial charge in [0.25, 0.3) is 5.91 Å². The van der Waals surface area contributed by atoms with E-state index in [0.29, 0.717) is 11.4 Å². The van der Waals surface area contributed by atoms with E-state index in [1.165, 1.54) is 0 Å². The molecule has 0 unspecified atom stereocenters. The van der Waals surface area contributed by atoms with Crippen molar-refractivity contribution in [3.05, 3.63) is 96.1 Å². The first-order valence-corrected chi connectivity index (χ1v) is 9.11. The maximum Gasteiger partial charge on any atom is 0.260 e. The molecular formula is C23H20N2O3. The number of nitrogens with two attached hydrogens (primary N) is 1. The number of carbonyl (C=O) groups excluding carboxylic acids is 2. The summed E-state index contributed by atoms with van der Waals surface area (Å²) in [6.07, 6.45) is -0.883. The van der Waals surface area contributed by atoms with Crippen molar-refractivity contribution in [3.8, 4) is 5.75 Å². The van der Waals surface area contributed by atoms with Crippen LogP contribution in [-0.2, 0) is 9.59 Å². The van der Waals surface area contributed by atoms with E-state index in [0.717, 1.165) is 11.1 Å². The quantitative estimate of drug-likeness (QED) is 0.765. The zero-order valence-corrected chi connectivity index (χ0v) is 15.2. The summed E-state index contributed by atoms with van der Waals surface area (Å²) in [7, 11) is 0. The fourth-order valence-corrected chi connectivity index (χ4v) is 3.52. The molecule has 5 nitrogen and oxygen atoms in total. The summed E-state index contributed by atoms with van der Waals surface area (Å²) < 4.78 is 5.70. The van der Waals surface area contributed by atoms with E-state index < -0.39 is 17.9 Å². The molecule has 1 aliphatic rings. The highest BCUT2D eigenvalue weighted by Gasteiger charge is 2.36. The average Bonchev–Trinajstić information content (AvgIpc) is 2.74. The summed E-state index contributed by atoms with van der Waals surface area (Å²) in [6.45, 7) is 0.0847. The van der Waals surface area contributed by atoms with Crippen LogP contribution in [-0.4, -0.2) is 24.5 Å². The Morgan fingerprint density at radius 1 is 0.857 bits per heavy atom. The van der Waals surface area contributed by atoms with E-state index in [1.807, 2.05) is 72.8 Å². The first kappa shape index (κ1) is 17.8. The first-order chi connectivity index (χ1) is 13.6. The molecule has 3 aromatic rings. The van der Waals surface area contributed by atoms with Gasteiger partial charge >= 0.3 is 0 Å². The Bertz CT molecular complexity index is 949. The third kappa shape index (κ3) is 3.34. The number of anilines is 1. The monoisotopic (exact) mass is 372 g/mol. The largest absolute Gasteiger partial charge is 0.477 e. The fraction of sp³-hybridized carbons (Fsp3) is 0.130. The fourth-order valence-electron chi connectivity index (χ4n) is 3.52. The normalized spacial score (nSPS) is 15.6. The summed E-state index contributed by atoms with van der Waals surface area (Å²) in [5, 5.41) is 0. The third-order valence-electron chi connectivity index (χ3n) is 4.87. The number of para-hydroxylation sites is 2. The van der Waals surface area contributed by atoms with Crippen LogP contribution in [0.15, 0.2) is 84.9 Å². The van der Waals surface area contributed by atoms with Crippen molar-refractivity contribution >= 4 is 17.5 Å². The van der Waals surface area contributed by atoms with Crippen LogP contribution < -0.4 is 15.4 Å². The van der Waals surface area contributed by atoms with Crippen LogP contribution >= 0.6 is 0 Å². The number of nitrogens with zero attached hydrogens (tertiary/aromatic N) is 1. The van der Waals surface area contributed by atoms with E-state index in [1.54, 1.807) is 17.0 Å². The molecule has 0 aliphatic carbocycles. The Hall–Kier alpha value is -3.60. The van der Waals surface area contributed by atoms with Gasteiger partial charge < -0.3 is 15.4 Å². The molecule has 5 heteroatoms. The molecule has 0 radical (unpaired) electrons. The minimum absolute atomic E-state index is 0.0847. The van der Waals surface area contributed by atoms with Gasteiger partial charge in [-0.2, -0.15) is 0 Å². The topological polar surface area (TPSA) is 72.6 Å². The van der Waals surface area contributed by atoms with E-state index in [9.17, 15) is 9.59 Å².